The molecule has 0 spiro atoms. The largest absolute Gasteiger partial charge is 0.310 e. The Bertz CT molecular complexity index is 3290. The summed E-state index contributed by atoms with van der Waals surface area (Å²) in [7, 11) is -0.921. The van der Waals surface area contributed by atoms with Crippen LogP contribution in [0.5, 0.6) is 0 Å². The van der Waals surface area contributed by atoms with Crippen molar-refractivity contribution < 1.29 is 71.0 Å². The molecule has 5 aromatic carbocycles. The minimum absolute atomic E-state index is 0. The Hall–Kier alpha value is -4.34. The maximum Gasteiger partial charge on any atom is 0.245 e. The summed E-state index contributed by atoms with van der Waals surface area (Å²) in [6, 6.07) is 15.9. The van der Waals surface area contributed by atoms with E-state index in [2.05, 4.69) is 14.6 Å². The van der Waals surface area contributed by atoms with E-state index in [4.69, 9.17) is 34.8 Å². The van der Waals surface area contributed by atoms with Crippen LogP contribution in [0.3, 0.4) is 0 Å². The summed E-state index contributed by atoms with van der Waals surface area (Å²) >= 11 is 16.4. The van der Waals surface area contributed by atoms with Gasteiger partial charge in [0.2, 0.25) is 5.91 Å². The van der Waals surface area contributed by atoms with E-state index in [0.29, 0.717) is 92.4 Å². The Labute approximate surface area is 588 Å². The number of alkyl halides is 3. The molecule has 0 saturated carbocycles. The fourth-order valence-corrected chi connectivity index (χ4v) is 13.4. The Kier molecular flexibility index (Phi) is 39.0. The molecule has 1 N–H and O–H groups in total. The van der Waals surface area contributed by atoms with E-state index in [0.717, 1.165) is 99.0 Å². The summed E-state index contributed by atoms with van der Waals surface area (Å²) in [6.45, 7) is 18.9. The van der Waals surface area contributed by atoms with Crippen LogP contribution in [0.4, 0.5) is 43.9 Å². The molecule has 0 aliphatic carbocycles. The van der Waals surface area contributed by atoms with Crippen LogP contribution in [0.1, 0.15) is 190 Å². The Morgan fingerprint density at radius 2 is 0.906 bits per heavy atom. The van der Waals surface area contributed by atoms with Gasteiger partial charge in [0.25, 0.3) is 0 Å². The number of nitrogens with zero attached hydrogens (tertiary/aromatic N) is 4. The molecule has 0 aromatic heterocycles. The number of carbonyl (C=O) groups is 2. The van der Waals surface area contributed by atoms with Crippen molar-refractivity contribution in [3.05, 3.63) is 177 Å². The number of hydroxylamine groups is 2. The predicted octanol–water partition coefficient (Wildman–Crippen LogP) is 18.4. The molecule has 538 valence electrons. The van der Waals surface area contributed by atoms with Crippen LogP contribution in [0.15, 0.2) is 95.4 Å². The maximum atomic E-state index is 13.9. The van der Waals surface area contributed by atoms with Gasteiger partial charge in [0, 0.05) is 78.9 Å². The molecule has 96 heavy (non-hydrogen) atoms. The number of hydrogen-bond donors (Lipinski definition) is 1. The summed E-state index contributed by atoms with van der Waals surface area (Å²) in [5.74, 6) is -4.11. The lowest BCUT2D eigenvalue weighted by molar-refractivity contribution is -0.168. The van der Waals surface area contributed by atoms with Crippen molar-refractivity contribution in [1.29, 1.82) is 0 Å². The quantitative estimate of drug-likeness (QED) is 0.0304. The van der Waals surface area contributed by atoms with Crippen molar-refractivity contribution in [3.8, 4) is 0 Å². The number of nitrogens with one attached hydrogen (secondary N) is 1. The van der Waals surface area contributed by atoms with Gasteiger partial charge in [-0.3, -0.25) is 14.4 Å². The number of benzene rings is 5. The van der Waals surface area contributed by atoms with E-state index < -0.39 is 99.5 Å². The molecule has 0 bridgehead atoms. The van der Waals surface area contributed by atoms with Gasteiger partial charge in [0.15, 0.2) is 5.78 Å². The van der Waals surface area contributed by atoms with Crippen molar-refractivity contribution in [2.75, 3.05) is 51.4 Å². The van der Waals surface area contributed by atoms with Crippen molar-refractivity contribution in [2.45, 2.75) is 172 Å². The second-order valence-corrected chi connectivity index (χ2v) is 32.4. The topological polar surface area (TPSA) is 129 Å². The van der Waals surface area contributed by atoms with Crippen LogP contribution in [0, 0.1) is 58.2 Å². The van der Waals surface area contributed by atoms with Crippen LogP contribution < -0.4 is 5.32 Å². The lowest BCUT2D eigenvalue weighted by Crippen LogP contribution is -2.37. The standard InChI is InChI=1S/C14H18ClF2NOS.2C14H19F2NOS.C10H9ClF2O.C10H11F2N.C6H12ClNO2.ClH/c1-14(2,3)20(19)18-13(5-4-8-15)11-9-10(16)6-7-12(11)17;2*1-14(2,3)19(18)17-8-4-5-13(17)11-9-10(15)6-7-12(11)16;11-5-1-2-10(14)8-6-7(12)3-4-9(8)13;11-7-3-4-9(12)8(6-7)10-2-1-5-13-10;1-8(10-2)6(9)4-3-5-7;/h6-7,9H,4-5,8H2,1-3H3;2*6-7,9,13H,4-5,8H2,1-3H3;3-4,6H,1-2,5H2;3-4,6,10,13H,1-2,5H2;3-5H2,1-2H3;1H/t20-;2*13-,19?;;10-;;/m010.1../s1. The third-order valence-corrected chi connectivity index (χ3v) is 20.4. The minimum atomic E-state index is -1.53. The first kappa shape index (κ1) is 87.7. The average molecular weight is 1500 g/mol. The maximum absolute atomic E-state index is 13.9. The van der Waals surface area contributed by atoms with Gasteiger partial charge in [0.1, 0.15) is 91.1 Å². The Morgan fingerprint density at radius 1 is 0.531 bits per heavy atom. The second-order valence-electron chi connectivity index (χ2n) is 25.0. The van der Waals surface area contributed by atoms with E-state index in [1.807, 2.05) is 41.5 Å². The van der Waals surface area contributed by atoms with Gasteiger partial charge in [-0.15, -0.1) is 47.2 Å². The van der Waals surface area contributed by atoms with Gasteiger partial charge >= 0.3 is 0 Å². The molecule has 3 saturated heterocycles. The van der Waals surface area contributed by atoms with Gasteiger partial charge in [-0.1, -0.05) is 0 Å². The van der Waals surface area contributed by atoms with Crippen LogP contribution in [-0.4, -0.2) is 109 Å². The minimum Gasteiger partial charge on any atom is -0.310 e. The highest BCUT2D eigenvalue weighted by Gasteiger charge is 2.38. The molecule has 0 radical (unpaired) electrons. The zero-order valence-electron chi connectivity index (χ0n) is 55.9. The number of amides is 1. The highest BCUT2D eigenvalue weighted by Crippen LogP contribution is 2.39. The number of rotatable bonds is 18. The van der Waals surface area contributed by atoms with E-state index in [9.17, 15) is 66.1 Å². The summed E-state index contributed by atoms with van der Waals surface area (Å²) in [6.07, 6.45) is 7.71. The molecule has 1 amide bonds. The molecule has 6 atom stereocenters. The number of halogens is 14. The van der Waals surface area contributed by atoms with E-state index in [1.165, 1.54) is 36.4 Å². The van der Waals surface area contributed by atoms with E-state index in [1.54, 1.807) is 36.4 Å². The molecule has 3 fully saturated rings. The first-order valence-electron chi connectivity index (χ1n) is 30.9. The first-order chi connectivity index (χ1) is 44.5. The summed E-state index contributed by atoms with van der Waals surface area (Å²) in [5, 5.41) is 4.34. The lowest BCUT2D eigenvalue weighted by Gasteiger charge is -2.30. The second kappa shape index (κ2) is 42.7. The van der Waals surface area contributed by atoms with E-state index in [-0.39, 0.29) is 71.3 Å². The predicted molar refractivity (Wildman–Crippen MR) is 371 cm³/mol. The smallest absolute Gasteiger partial charge is 0.245 e. The molecular weight excluding hydrogens is 1410 g/mol. The zero-order chi connectivity index (χ0) is 71.5. The third-order valence-electron chi connectivity index (χ3n) is 14.3. The Morgan fingerprint density at radius 3 is 1.30 bits per heavy atom. The fraction of sp³-hybridized carbons (Fsp3) is 0.515. The van der Waals surface area contributed by atoms with Gasteiger partial charge in [-0.25, -0.2) is 70.2 Å². The monoisotopic (exact) mass is 1500 g/mol. The molecule has 3 aliphatic rings. The Balaban J connectivity index is 0.000000397. The first-order valence-corrected chi connectivity index (χ1v) is 35.8. The van der Waals surface area contributed by atoms with Gasteiger partial charge in [-0.05, 0) is 224 Å². The highest BCUT2D eigenvalue weighted by molar-refractivity contribution is 7.85. The van der Waals surface area contributed by atoms with Crippen molar-refractivity contribution >= 4 is 97.6 Å². The average Bonchev–Trinajstić information content (AvgIpc) is 1.59. The van der Waals surface area contributed by atoms with Crippen LogP contribution in [0.2, 0.25) is 0 Å². The SMILES string of the molecule is CC(C)(C)S(=O)N1CCC[C@@H]1c1cc(F)ccc1F.CC(C)(C)S(=O)N1CCC[C@H]1c1cc(F)ccc1F.CC(C)(C)[S@](=O)N=C(CCCCl)c1cc(F)ccc1F.CON(C)C(=O)CCCCl.Cl.Fc1ccc(F)c([C@H]2CCCN2)c1.O=C(CCCCl)c1cc(F)ccc1F. The fourth-order valence-electron chi connectivity index (χ4n) is 9.44. The number of carbonyl (C=O) groups excluding carboxylic acids is 2. The molecule has 11 nitrogen and oxygen atoms in total. The lowest BCUT2D eigenvalue weighted by atomic mass is 10.0. The van der Waals surface area contributed by atoms with Crippen molar-refractivity contribution in [1.82, 2.24) is 19.0 Å². The van der Waals surface area contributed by atoms with Crippen LogP contribution in [-0.2, 0) is 42.6 Å². The zero-order valence-corrected chi connectivity index (χ0v) is 61.4. The molecule has 3 aliphatic heterocycles. The third kappa shape index (κ3) is 29.1. The number of ketones is 1. The molecule has 8 rings (SSSR count). The summed E-state index contributed by atoms with van der Waals surface area (Å²) in [4.78, 5) is 26.8. The van der Waals surface area contributed by atoms with Gasteiger partial charge in [0.05, 0.1) is 44.7 Å². The van der Waals surface area contributed by atoms with Gasteiger partial charge < -0.3 is 5.32 Å². The molecule has 2 unspecified atom stereocenters. The molecule has 3 heterocycles. The normalized spacial score (nSPS) is 17.5. The highest BCUT2D eigenvalue weighted by atomic mass is 35.5. The molecule has 5 aromatic rings. The molecule has 28 heteroatoms. The van der Waals surface area contributed by atoms with Crippen molar-refractivity contribution in [2.24, 2.45) is 4.40 Å². The number of Topliss-reactive ketones (excluding diaryl/α,β-unsaturated/α-hetero) is 1. The van der Waals surface area contributed by atoms with E-state index >= 15 is 0 Å². The molecular formula is C68H89Cl4F10N5O6S3. The number of hydrogen-bond acceptors (Lipinski definition) is 7. The van der Waals surface area contributed by atoms with Crippen LogP contribution in [0.25, 0.3) is 0 Å². The van der Waals surface area contributed by atoms with Crippen LogP contribution >= 0.6 is 47.2 Å². The summed E-state index contributed by atoms with van der Waals surface area (Å²) < 4.78 is 176. The van der Waals surface area contributed by atoms with Crippen molar-refractivity contribution in [3.63, 3.8) is 0 Å². The van der Waals surface area contributed by atoms with Gasteiger partial charge in [-0.2, -0.15) is 4.40 Å². The summed E-state index contributed by atoms with van der Waals surface area (Å²) in [5.41, 5.74) is 1.22.